The van der Waals surface area contributed by atoms with Crippen LogP contribution in [0.25, 0.3) is 0 Å². The first-order valence-corrected chi connectivity index (χ1v) is 6.47. The number of nitrogens with zero attached hydrogens (tertiary/aromatic N) is 1. The lowest BCUT2D eigenvalue weighted by atomic mass is 9.92. The van der Waals surface area contributed by atoms with Gasteiger partial charge >= 0.3 is 0 Å². The number of rotatable bonds is 3. The Hall–Kier alpha value is -1.00. The molecule has 1 aliphatic rings. The molecule has 0 aliphatic carbocycles. The minimum atomic E-state index is -0.514. The summed E-state index contributed by atoms with van der Waals surface area (Å²) >= 11 is 0. The molecule has 1 aliphatic heterocycles. The van der Waals surface area contributed by atoms with Gasteiger partial charge in [-0.2, -0.15) is 0 Å². The molecule has 2 atom stereocenters. The molecule has 2 unspecified atom stereocenters. The second kappa shape index (κ2) is 5.76. The second-order valence-electron chi connectivity index (χ2n) is 5.27. The van der Waals surface area contributed by atoms with Crippen molar-refractivity contribution < 1.29 is 8.78 Å². The summed E-state index contributed by atoms with van der Waals surface area (Å²) in [5.74, 6) is -0.349. The van der Waals surface area contributed by atoms with E-state index in [0.29, 0.717) is 30.6 Å². The maximum absolute atomic E-state index is 13.1. The molecular formula is C14H20F2N2. The Morgan fingerprint density at radius 2 is 1.94 bits per heavy atom. The fourth-order valence-corrected chi connectivity index (χ4v) is 2.69. The SMILES string of the molecule is CC1CCN(Cc2cc(F)cc(F)c2)C(CN)C1. The molecule has 1 aromatic carbocycles. The number of hydrogen-bond acceptors (Lipinski definition) is 2. The van der Waals surface area contributed by atoms with Crippen molar-refractivity contribution in [1.29, 1.82) is 0 Å². The number of halogens is 2. The predicted molar refractivity (Wildman–Crippen MR) is 68.0 cm³/mol. The van der Waals surface area contributed by atoms with E-state index >= 15 is 0 Å². The lowest BCUT2D eigenvalue weighted by Crippen LogP contribution is -2.45. The van der Waals surface area contributed by atoms with E-state index < -0.39 is 11.6 Å². The van der Waals surface area contributed by atoms with Crippen LogP contribution >= 0.6 is 0 Å². The summed E-state index contributed by atoms with van der Waals surface area (Å²) in [5.41, 5.74) is 6.46. The number of likely N-dealkylation sites (tertiary alicyclic amines) is 1. The van der Waals surface area contributed by atoms with Gasteiger partial charge in [0.2, 0.25) is 0 Å². The molecule has 0 saturated carbocycles. The van der Waals surface area contributed by atoms with Gasteiger partial charge in [0.25, 0.3) is 0 Å². The molecule has 2 nitrogen and oxygen atoms in total. The summed E-state index contributed by atoms with van der Waals surface area (Å²) in [6.07, 6.45) is 2.18. The van der Waals surface area contributed by atoms with E-state index in [4.69, 9.17) is 5.73 Å². The molecule has 100 valence electrons. The van der Waals surface area contributed by atoms with Crippen LogP contribution in [0.1, 0.15) is 25.3 Å². The Bertz CT molecular complexity index is 389. The van der Waals surface area contributed by atoms with E-state index in [2.05, 4.69) is 11.8 Å². The van der Waals surface area contributed by atoms with Crippen LogP contribution in [0.15, 0.2) is 18.2 Å². The summed E-state index contributed by atoms with van der Waals surface area (Å²) in [4.78, 5) is 2.23. The van der Waals surface area contributed by atoms with Gasteiger partial charge < -0.3 is 5.73 Å². The predicted octanol–water partition coefficient (Wildman–Crippen LogP) is 2.52. The van der Waals surface area contributed by atoms with Crippen LogP contribution in [-0.4, -0.2) is 24.0 Å². The molecule has 1 heterocycles. The van der Waals surface area contributed by atoms with Crippen LogP contribution in [0.2, 0.25) is 0 Å². The molecule has 0 amide bonds. The molecular weight excluding hydrogens is 234 g/mol. The van der Waals surface area contributed by atoms with Gasteiger partial charge in [-0.25, -0.2) is 8.78 Å². The fraction of sp³-hybridized carbons (Fsp3) is 0.571. The average molecular weight is 254 g/mol. The molecule has 1 saturated heterocycles. The Kier molecular flexibility index (Phi) is 4.30. The van der Waals surface area contributed by atoms with Crippen molar-refractivity contribution in [3.05, 3.63) is 35.4 Å². The highest BCUT2D eigenvalue weighted by molar-refractivity contribution is 5.18. The first kappa shape index (κ1) is 13.4. The van der Waals surface area contributed by atoms with Crippen molar-refractivity contribution in [2.24, 2.45) is 11.7 Å². The molecule has 0 bridgehead atoms. The maximum Gasteiger partial charge on any atom is 0.126 e. The van der Waals surface area contributed by atoms with E-state index in [1.165, 1.54) is 12.1 Å². The summed E-state index contributed by atoms with van der Waals surface area (Å²) in [6, 6.07) is 4.02. The highest BCUT2D eigenvalue weighted by atomic mass is 19.1. The van der Waals surface area contributed by atoms with Crippen LogP contribution in [0.3, 0.4) is 0 Å². The third-order valence-corrected chi connectivity index (χ3v) is 3.68. The number of piperidine rings is 1. The third-order valence-electron chi connectivity index (χ3n) is 3.68. The van der Waals surface area contributed by atoms with Crippen LogP contribution in [0.4, 0.5) is 8.78 Å². The van der Waals surface area contributed by atoms with E-state index in [1.54, 1.807) is 0 Å². The van der Waals surface area contributed by atoms with Gasteiger partial charge in [-0.3, -0.25) is 4.90 Å². The zero-order valence-corrected chi connectivity index (χ0v) is 10.7. The zero-order chi connectivity index (χ0) is 13.1. The summed E-state index contributed by atoms with van der Waals surface area (Å²) in [7, 11) is 0. The van der Waals surface area contributed by atoms with Gasteiger partial charge in [-0.1, -0.05) is 6.92 Å². The Balaban J connectivity index is 2.07. The quantitative estimate of drug-likeness (QED) is 0.898. The van der Waals surface area contributed by atoms with Crippen LogP contribution in [0, 0.1) is 17.6 Å². The van der Waals surface area contributed by atoms with Crippen molar-refractivity contribution in [2.45, 2.75) is 32.4 Å². The van der Waals surface area contributed by atoms with Gasteiger partial charge in [-0.05, 0) is 43.0 Å². The van der Waals surface area contributed by atoms with Crippen molar-refractivity contribution in [2.75, 3.05) is 13.1 Å². The second-order valence-corrected chi connectivity index (χ2v) is 5.27. The van der Waals surface area contributed by atoms with Crippen molar-refractivity contribution >= 4 is 0 Å². The van der Waals surface area contributed by atoms with Crippen molar-refractivity contribution in [3.63, 3.8) is 0 Å². The largest absolute Gasteiger partial charge is 0.329 e. The number of hydrogen-bond donors (Lipinski definition) is 1. The Morgan fingerprint density at radius 3 is 2.56 bits per heavy atom. The monoisotopic (exact) mass is 254 g/mol. The molecule has 2 rings (SSSR count). The van der Waals surface area contributed by atoms with E-state index in [1.807, 2.05) is 0 Å². The first-order chi connectivity index (χ1) is 8.58. The maximum atomic E-state index is 13.1. The number of benzene rings is 1. The average Bonchev–Trinajstić information content (AvgIpc) is 2.30. The normalized spacial score (nSPS) is 25.3. The summed E-state index contributed by atoms with van der Waals surface area (Å²) in [5, 5.41) is 0. The zero-order valence-electron chi connectivity index (χ0n) is 10.7. The van der Waals surface area contributed by atoms with Crippen molar-refractivity contribution in [3.8, 4) is 0 Å². The summed E-state index contributed by atoms with van der Waals surface area (Å²) < 4.78 is 26.3. The summed E-state index contributed by atoms with van der Waals surface area (Å²) in [6.45, 7) is 4.34. The minimum Gasteiger partial charge on any atom is -0.329 e. The molecule has 0 spiro atoms. The molecule has 0 aromatic heterocycles. The van der Waals surface area contributed by atoms with Crippen LogP contribution in [0.5, 0.6) is 0 Å². The smallest absolute Gasteiger partial charge is 0.126 e. The van der Waals surface area contributed by atoms with Crippen LogP contribution < -0.4 is 5.73 Å². The molecule has 2 N–H and O–H groups in total. The molecule has 4 heteroatoms. The Labute approximate surface area is 107 Å². The van der Waals surface area contributed by atoms with Crippen molar-refractivity contribution in [1.82, 2.24) is 4.90 Å². The molecule has 1 fully saturated rings. The number of nitrogens with two attached hydrogens (primary N) is 1. The molecule has 18 heavy (non-hydrogen) atoms. The van der Waals surface area contributed by atoms with Gasteiger partial charge in [0.1, 0.15) is 11.6 Å². The molecule has 1 aromatic rings. The minimum absolute atomic E-state index is 0.320. The fourth-order valence-electron chi connectivity index (χ4n) is 2.69. The third kappa shape index (κ3) is 3.27. The molecule has 0 radical (unpaired) electrons. The van der Waals surface area contributed by atoms with Gasteiger partial charge in [0, 0.05) is 25.2 Å². The topological polar surface area (TPSA) is 29.3 Å². The standard InChI is InChI=1S/C14H20F2N2/c1-10-2-3-18(14(4-10)8-17)9-11-5-12(15)7-13(16)6-11/h5-7,10,14H,2-4,8-9,17H2,1H3. The van der Waals surface area contributed by atoms with Gasteiger partial charge in [0.05, 0.1) is 0 Å². The lowest BCUT2D eigenvalue weighted by Gasteiger charge is -2.38. The van der Waals surface area contributed by atoms with Crippen LogP contribution in [-0.2, 0) is 6.54 Å². The van der Waals surface area contributed by atoms with Gasteiger partial charge in [0.15, 0.2) is 0 Å². The van der Waals surface area contributed by atoms with Gasteiger partial charge in [-0.15, -0.1) is 0 Å². The van der Waals surface area contributed by atoms with E-state index in [-0.39, 0.29) is 0 Å². The van der Waals surface area contributed by atoms with E-state index in [9.17, 15) is 8.78 Å². The lowest BCUT2D eigenvalue weighted by molar-refractivity contribution is 0.115. The first-order valence-electron chi connectivity index (χ1n) is 6.47. The highest BCUT2D eigenvalue weighted by Gasteiger charge is 2.25. The Morgan fingerprint density at radius 1 is 1.28 bits per heavy atom. The van der Waals surface area contributed by atoms with E-state index in [0.717, 1.165) is 25.5 Å². The highest BCUT2D eigenvalue weighted by Crippen LogP contribution is 2.24.